The van der Waals surface area contributed by atoms with Crippen molar-refractivity contribution in [3.63, 3.8) is 0 Å². The summed E-state index contributed by atoms with van der Waals surface area (Å²) in [5.41, 5.74) is 0.368. The number of ether oxygens (including phenoxy) is 1. The summed E-state index contributed by atoms with van der Waals surface area (Å²) in [5, 5.41) is 11.5. The van der Waals surface area contributed by atoms with Crippen LogP contribution in [0, 0.1) is 5.92 Å². The van der Waals surface area contributed by atoms with Crippen LogP contribution in [0.25, 0.3) is 0 Å². The SMILES string of the molecule is CCOc1ccccc1C(=O)NCC(=O)N1CCC(C(=O)O)C1. The number of carboxylic acids is 1. The first-order chi connectivity index (χ1) is 11.0. The molecule has 0 saturated carbocycles. The molecule has 23 heavy (non-hydrogen) atoms. The fourth-order valence-electron chi connectivity index (χ4n) is 2.49. The van der Waals surface area contributed by atoms with E-state index in [9.17, 15) is 14.4 Å². The molecule has 0 bridgehead atoms. The molecular formula is C16H20N2O5. The number of nitrogens with one attached hydrogen (secondary N) is 1. The van der Waals surface area contributed by atoms with Gasteiger partial charge in [-0.3, -0.25) is 14.4 Å². The first-order valence-electron chi connectivity index (χ1n) is 7.53. The Morgan fingerprint density at radius 1 is 1.35 bits per heavy atom. The minimum atomic E-state index is -0.894. The number of carboxylic acid groups (broad SMARTS) is 1. The van der Waals surface area contributed by atoms with Crippen molar-refractivity contribution in [1.82, 2.24) is 10.2 Å². The number of hydrogen-bond acceptors (Lipinski definition) is 4. The zero-order valence-corrected chi connectivity index (χ0v) is 12.9. The van der Waals surface area contributed by atoms with Gasteiger partial charge in [0.15, 0.2) is 0 Å². The number of rotatable bonds is 6. The Morgan fingerprint density at radius 3 is 2.74 bits per heavy atom. The van der Waals surface area contributed by atoms with Gasteiger partial charge >= 0.3 is 5.97 Å². The molecule has 1 aromatic rings. The van der Waals surface area contributed by atoms with Gasteiger partial charge in [-0.25, -0.2) is 0 Å². The average Bonchev–Trinajstić information content (AvgIpc) is 3.03. The van der Waals surface area contributed by atoms with Gasteiger partial charge in [-0.15, -0.1) is 0 Å². The van der Waals surface area contributed by atoms with Crippen molar-refractivity contribution >= 4 is 17.8 Å². The molecule has 2 amide bonds. The summed E-state index contributed by atoms with van der Waals surface area (Å²) >= 11 is 0. The van der Waals surface area contributed by atoms with E-state index in [1.54, 1.807) is 24.3 Å². The fourth-order valence-corrected chi connectivity index (χ4v) is 2.49. The van der Waals surface area contributed by atoms with Crippen LogP contribution in [0.2, 0.25) is 0 Å². The number of amides is 2. The lowest BCUT2D eigenvalue weighted by molar-refractivity contribution is -0.141. The smallest absolute Gasteiger partial charge is 0.308 e. The third-order valence-corrected chi connectivity index (χ3v) is 3.72. The molecule has 1 saturated heterocycles. The van der Waals surface area contributed by atoms with Crippen LogP contribution < -0.4 is 10.1 Å². The number of likely N-dealkylation sites (tertiary alicyclic amines) is 1. The molecule has 124 valence electrons. The molecule has 1 heterocycles. The highest BCUT2D eigenvalue weighted by atomic mass is 16.5. The highest BCUT2D eigenvalue weighted by Crippen LogP contribution is 2.18. The van der Waals surface area contributed by atoms with Gasteiger partial charge in [0, 0.05) is 13.1 Å². The normalized spacial score (nSPS) is 16.9. The van der Waals surface area contributed by atoms with E-state index < -0.39 is 17.8 Å². The second kappa shape index (κ2) is 7.62. The predicted molar refractivity (Wildman–Crippen MR) is 82.3 cm³/mol. The summed E-state index contributed by atoms with van der Waals surface area (Å²) in [6.45, 7) is 2.70. The maximum atomic E-state index is 12.2. The maximum absolute atomic E-state index is 12.2. The Kier molecular flexibility index (Phi) is 5.56. The lowest BCUT2D eigenvalue weighted by Crippen LogP contribution is -2.39. The van der Waals surface area contributed by atoms with E-state index in [2.05, 4.69) is 5.32 Å². The van der Waals surface area contributed by atoms with Crippen molar-refractivity contribution < 1.29 is 24.2 Å². The molecule has 1 aromatic carbocycles. The molecule has 7 heteroatoms. The van der Waals surface area contributed by atoms with E-state index in [0.29, 0.717) is 30.9 Å². The number of benzene rings is 1. The number of hydrogen-bond donors (Lipinski definition) is 2. The number of carbonyl (C=O) groups is 3. The highest BCUT2D eigenvalue weighted by Gasteiger charge is 2.30. The summed E-state index contributed by atoms with van der Waals surface area (Å²) in [6.07, 6.45) is 0.447. The van der Waals surface area contributed by atoms with Crippen LogP contribution in [0.4, 0.5) is 0 Å². The zero-order valence-electron chi connectivity index (χ0n) is 12.9. The molecule has 2 N–H and O–H groups in total. The first kappa shape index (κ1) is 16.8. The molecule has 7 nitrogen and oxygen atoms in total. The molecular weight excluding hydrogens is 300 g/mol. The lowest BCUT2D eigenvalue weighted by atomic mass is 10.1. The molecule has 1 atom stereocenters. The van der Waals surface area contributed by atoms with Crippen LogP contribution in [0.3, 0.4) is 0 Å². The molecule has 1 fully saturated rings. The van der Waals surface area contributed by atoms with Gasteiger partial charge in [-0.2, -0.15) is 0 Å². The Balaban J connectivity index is 1.90. The minimum Gasteiger partial charge on any atom is -0.493 e. The predicted octanol–water partition coefficient (Wildman–Crippen LogP) is 0.748. The van der Waals surface area contributed by atoms with Gasteiger partial charge in [-0.05, 0) is 25.5 Å². The fraction of sp³-hybridized carbons (Fsp3) is 0.438. The van der Waals surface area contributed by atoms with Crippen LogP contribution in [-0.4, -0.2) is 54.0 Å². The first-order valence-corrected chi connectivity index (χ1v) is 7.53. The molecule has 0 radical (unpaired) electrons. The Bertz CT molecular complexity index is 602. The summed E-state index contributed by atoms with van der Waals surface area (Å²) in [4.78, 5) is 36.6. The van der Waals surface area contributed by atoms with E-state index >= 15 is 0 Å². The Labute approximate surface area is 134 Å². The third kappa shape index (κ3) is 4.21. The monoisotopic (exact) mass is 320 g/mol. The van der Waals surface area contributed by atoms with Crippen molar-refractivity contribution in [2.75, 3.05) is 26.2 Å². The molecule has 0 spiro atoms. The summed E-state index contributed by atoms with van der Waals surface area (Å²) < 4.78 is 5.38. The van der Waals surface area contributed by atoms with Crippen molar-refractivity contribution in [1.29, 1.82) is 0 Å². The van der Waals surface area contributed by atoms with E-state index in [1.807, 2.05) is 6.92 Å². The minimum absolute atomic E-state index is 0.161. The molecule has 0 aliphatic carbocycles. The van der Waals surface area contributed by atoms with Crippen molar-refractivity contribution in [3.05, 3.63) is 29.8 Å². The van der Waals surface area contributed by atoms with Crippen LogP contribution in [-0.2, 0) is 9.59 Å². The maximum Gasteiger partial charge on any atom is 0.308 e. The topological polar surface area (TPSA) is 95.9 Å². The third-order valence-electron chi connectivity index (χ3n) is 3.72. The average molecular weight is 320 g/mol. The van der Waals surface area contributed by atoms with Gasteiger partial charge in [0.25, 0.3) is 5.91 Å². The highest BCUT2D eigenvalue weighted by molar-refractivity contribution is 5.98. The number of carbonyl (C=O) groups excluding carboxylic acids is 2. The van der Waals surface area contributed by atoms with Crippen LogP contribution in [0.1, 0.15) is 23.7 Å². The van der Waals surface area contributed by atoms with Gasteiger partial charge < -0.3 is 20.1 Å². The zero-order chi connectivity index (χ0) is 16.8. The number of aliphatic carboxylic acids is 1. The van der Waals surface area contributed by atoms with Crippen molar-refractivity contribution in [2.45, 2.75) is 13.3 Å². The van der Waals surface area contributed by atoms with E-state index in [1.165, 1.54) is 4.90 Å². The summed E-state index contributed by atoms with van der Waals surface area (Å²) in [7, 11) is 0. The van der Waals surface area contributed by atoms with Gasteiger partial charge in [0.05, 0.1) is 24.6 Å². The molecule has 2 rings (SSSR count). The molecule has 1 unspecified atom stereocenters. The quantitative estimate of drug-likeness (QED) is 0.806. The van der Waals surface area contributed by atoms with Crippen LogP contribution in [0.5, 0.6) is 5.75 Å². The second-order valence-electron chi connectivity index (χ2n) is 5.28. The second-order valence-corrected chi connectivity index (χ2v) is 5.28. The van der Waals surface area contributed by atoms with Crippen molar-refractivity contribution in [3.8, 4) is 5.75 Å². The van der Waals surface area contributed by atoms with E-state index in [0.717, 1.165) is 0 Å². The Morgan fingerprint density at radius 2 is 2.09 bits per heavy atom. The van der Waals surface area contributed by atoms with Gasteiger partial charge in [0.1, 0.15) is 5.75 Å². The van der Waals surface area contributed by atoms with Crippen LogP contribution >= 0.6 is 0 Å². The Hall–Kier alpha value is -2.57. The van der Waals surface area contributed by atoms with Crippen molar-refractivity contribution in [2.24, 2.45) is 5.92 Å². The molecule has 1 aliphatic rings. The lowest BCUT2D eigenvalue weighted by Gasteiger charge is -2.16. The van der Waals surface area contributed by atoms with Crippen LogP contribution in [0.15, 0.2) is 24.3 Å². The van der Waals surface area contributed by atoms with E-state index in [4.69, 9.17) is 9.84 Å². The standard InChI is InChI=1S/C16H20N2O5/c1-2-23-13-6-4-3-5-12(13)15(20)17-9-14(19)18-8-7-11(10-18)16(21)22/h3-6,11H,2,7-10H2,1H3,(H,17,20)(H,21,22). The van der Waals surface area contributed by atoms with Gasteiger partial charge in [0.2, 0.25) is 5.91 Å². The van der Waals surface area contributed by atoms with Gasteiger partial charge in [-0.1, -0.05) is 12.1 Å². The summed E-state index contributed by atoms with van der Waals surface area (Å²) in [5.74, 6) is -1.62. The number of nitrogens with zero attached hydrogens (tertiary/aromatic N) is 1. The molecule has 0 aromatic heterocycles. The molecule has 1 aliphatic heterocycles. The van der Waals surface area contributed by atoms with E-state index in [-0.39, 0.29) is 19.0 Å². The number of para-hydroxylation sites is 1. The summed E-state index contributed by atoms with van der Waals surface area (Å²) in [6, 6.07) is 6.81. The largest absolute Gasteiger partial charge is 0.493 e.